The Balaban J connectivity index is 1.64. The molecule has 1 N–H and O–H groups in total. The molecule has 2 rings (SSSR count). The first-order valence-corrected chi connectivity index (χ1v) is 8.56. The molecule has 1 unspecified atom stereocenters. The Bertz CT molecular complexity index is 452. The number of amides is 1. The van der Waals surface area contributed by atoms with Crippen LogP contribution in [0.15, 0.2) is 17.5 Å². The fourth-order valence-corrected chi connectivity index (χ4v) is 3.38. The summed E-state index contributed by atoms with van der Waals surface area (Å²) in [7, 11) is 0. The molecule has 1 aliphatic rings. The summed E-state index contributed by atoms with van der Waals surface area (Å²) in [4.78, 5) is 24.2. The van der Waals surface area contributed by atoms with Gasteiger partial charge < -0.3 is 10.1 Å². The maximum absolute atomic E-state index is 11.8. The standard InChI is InChI=1S/C16H23NO3S/c1-12(13-6-3-2-4-7-13)20-15(18)9-10-17-16(19)14-8-5-11-21-14/h5,8,11-13H,2-4,6-7,9-10H2,1H3,(H,17,19). The zero-order valence-corrected chi connectivity index (χ0v) is 13.3. The molecular formula is C16H23NO3S. The van der Waals surface area contributed by atoms with Gasteiger partial charge in [0, 0.05) is 6.54 Å². The SMILES string of the molecule is CC(OC(=O)CCNC(=O)c1cccs1)C1CCCCC1. The number of esters is 1. The minimum Gasteiger partial charge on any atom is -0.462 e. The lowest BCUT2D eigenvalue weighted by molar-refractivity contribution is -0.151. The van der Waals surface area contributed by atoms with Crippen molar-refractivity contribution in [2.24, 2.45) is 5.92 Å². The third kappa shape index (κ3) is 5.16. The van der Waals surface area contributed by atoms with Crippen LogP contribution in [-0.2, 0) is 9.53 Å². The first-order chi connectivity index (χ1) is 10.2. The summed E-state index contributed by atoms with van der Waals surface area (Å²) in [5, 5.41) is 4.60. The molecule has 1 heterocycles. The number of thiophene rings is 1. The van der Waals surface area contributed by atoms with Gasteiger partial charge in [0.15, 0.2) is 0 Å². The molecule has 21 heavy (non-hydrogen) atoms. The van der Waals surface area contributed by atoms with Gasteiger partial charge in [-0.05, 0) is 37.1 Å². The first-order valence-electron chi connectivity index (χ1n) is 7.68. The molecule has 5 heteroatoms. The highest BCUT2D eigenvalue weighted by molar-refractivity contribution is 7.12. The second-order valence-corrected chi connectivity index (χ2v) is 6.52. The molecule has 0 aliphatic heterocycles. The molecule has 1 amide bonds. The molecule has 1 aliphatic carbocycles. The van der Waals surface area contributed by atoms with E-state index < -0.39 is 0 Å². The molecule has 0 spiro atoms. The molecule has 116 valence electrons. The zero-order chi connectivity index (χ0) is 15.1. The Labute approximate surface area is 129 Å². The lowest BCUT2D eigenvalue weighted by atomic mass is 9.86. The van der Waals surface area contributed by atoms with E-state index in [-0.39, 0.29) is 24.4 Å². The molecule has 1 aromatic heterocycles. The third-order valence-electron chi connectivity index (χ3n) is 3.99. The van der Waals surface area contributed by atoms with Gasteiger partial charge in [-0.3, -0.25) is 9.59 Å². The topological polar surface area (TPSA) is 55.4 Å². The molecule has 0 bridgehead atoms. The van der Waals surface area contributed by atoms with Crippen LogP contribution in [-0.4, -0.2) is 24.5 Å². The van der Waals surface area contributed by atoms with Crippen LogP contribution in [0.5, 0.6) is 0 Å². The Morgan fingerprint density at radius 1 is 1.38 bits per heavy atom. The maximum Gasteiger partial charge on any atom is 0.307 e. The normalized spacial score (nSPS) is 17.2. The fraction of sp³-hybridized carbons (Fsp3) is 0.625. The highest BCUT2D eigenvalue weighted by Crippen LogP contribution is 2.27. The van der Waals surface area contributed by atoms with Crippen molar-refractivity contribution in [3.63, 3.8) is 0 Å². The number of carbonyl (C=O) groups excluding carboxylic acids is 2. The van der Waals surface area contributed by atoms with Gasteiger partial charge in [0.1, 0.15) is 6.10 Å². The van der Waals surface area contributed by atoms with E-state index in [9.17, 15) is 9.59 Å². The predicted molar refractivity (Wildman–Crippen MR) is 83.4 cm³/mol. The molecule has 0 saturated heterocycles. The van der Waals surface area contributed by atoms with E-state index in [0.717, 1.165) is 12.8 Å². The fourth-order valence-electron chi connectivity index (χ4n) is 2.74. The van der Waals surface area contributed by atoms with Crippen LogP contribution < -0.4 is 5.32 Å². The summed E-state index contributed by atoms with van der Waals surface area (Å²) in [6, 6.07) is 3.60. The molecule has 1 aromatic rings. The van der Waals surface area contributed by atoms with Crippen LogP contribution in [0, 0.1) is 5.92 Å². The predicted octanol–water partition coefficient (Wildman–Crippen LogP) is 3.38. The largest absolute Gasteiger partial charge is 0.462 e. The first kappa shape index (κ1) is 16.0. The quantitative estimate of drug-likeness (QED) is 0.820. The number of nitrogens with one attached hydrogen (secondary N) is 1. The van der Waals surface area contributed by atoms with Gasteiger partial charge in [0.25, 0.3) is 5.91 Å². The molecule has 0 aromatic carbocycles. The van der Waals surface area contributed by atoms with Crippen molar-refractivity contribution in [1.82, 2.24) is 5.32 Å². The van der Waals surface area contributed by atoms with E-state index in [4.69, 9.17) is 4.74 Å². The number of hydrogen-bond acceptors (Lipinski definition) is 4. The van der Waals surface area contributed by atoms with Crippen molar-refractivity contribution in [1.29, 1.82) is 0 Å². The highest BCUT2D eigenvalue weighted by atomic mass is 32.1. The Morgan fingerprint density at radius 3 is 2.81 bits per heavy atom. The van der Waals surface area contributed by atoms with Gasteiger partial charge in [-0.25, -0.2) is 0 Å². The third-order valence-corrected chi connectivity index (χ3v) is 4.86. The van der Waals surface area contributed by atoms with E-state index in [1.54, 1.807) is 6.07 Å². The maximum atomic E-state index is 11.8. The summed E-state index contributed by atoms with van der Waals surface area (Å²) in [5.74, 6) is 0.154. The molecule has 1 atom stereocenters. The van der Waals surface area contributed by atoms with E-state index in [1.165, 1.54) is 30.6 Å². The van der Waals surface area contributed by atoms with Crippen molar-refractivity contribution in [3.8, 4) is 0 Å². The highest BCUT2D eigenvalue weighted by Gasteiger charge is 2.22. The van der Waals surface area contributed by atoms with E-state index in [1.807, 2.05) is 18.4 Å². The lowest BCUT2D eigenvalue weighted by Gasteiger charge is -2.27. The van der Waals surface area contributed by atoms with Crippen LogP contribution in [0.25, 0.3) is 0 Å². The van der Waals surface area contributed by atoms with Crippen molar-refractivity contribution in [2.45, 2.75) is 51.6 Å². The summed E-state index contributed by atoms with van der Waals surface area (Å²) in [5.41, 5.74) is 0. The molecule has 0 radical (unpaired) electrons. The van der Waals surface area contributed by atoms with Gasteiger partial charge in [-0.15, -0.1) is 11.3 Å². The summed E-state index contributed by atoms with van der Waals surface area (Å²) >= 11 is 1.39. The Morgan fingerprint density at radius 2 is 2.14 bits per heavy atom. The van der Waals surface area contributed by atoms with Crippen molar-refractivity contribution in [3.05, 3.63) is 22.4 Å². The average Bonchev–Trinajstić information content (AvgIpc) is 3.02. The molecular weight excluding hydrogens is 286 g/mol. The van der Waals surface area contributed by atoms with Gasteiger partial charge in [-0.1, -0.05) is 25.3 Å². The van der Waals surface area contributed by atoms with Crippen LogP contribution in [0.4, 0.5) is 0 Å². The Hall–Kier alpha value is -1.36. The second-order valence-electron chi connectivity index (χ2n) is 5.58. The number of carbonyl (C=O) groups is 2. The van der Waals surface area contributed by atoms with Gasteiger partial charge in [0.2, 0.25) is 0 Å². The monoisotopic (exact) mass is 309 g/mol. The number of ether oxygens (including phenoxy) is 1. The average molecular weight is 309 g/mol. The van der Waals surface area contributed by atoms with Crippen molar-refractivity contribution < 1.29 is 14.3 Å². The smallest absolute Gasteiger partial charge is 0.307 e. The summed E-state index contributed by atoms with van der Waals surface area (Å²) < 4.78 is 5.47. The van der Waals surface area contributed by atoms with Gasteiger partial charge in [0.05, 0.1) is 11.3 Å². The summed E-state index contributed by atoms with van der Waals surface area (Å²) in [6.07, 6.45) is 6.31. The van der Waals surface area contributed by atoms with Gasteiger partial charge >= 0.3 is 5.97 Å². The zero-order valence-electron chi connectivity index (χ0n) is 12.5. The minimum absolute atomic E-state index is 0.00852. The Kier molecular flexibility index (Phi) is 6.23. The molecule has 1 saturated carbocycles. The molecule has 4 nitrogen and oxygen atoms in total. The lowest BCUT2D eigenvalue weighted by Crippen LogP contribution is -2.29. The second kappa shape index (κ2) is 8.17. The van der Waals surface area contributed by atoms with E-state index >= 15 is 0 Å². The summed E-state index contributed by atoms with van der Waals surface area (Å²) in [6.45, 7) is 2.31. The van der Waals surface area contributed by atoms with Crippen molar-refractivity contribution in [2.75, 3.05) is 6.54 Å². The van der Waals surface area contributed by atoms with E-state index in [0.29, 0.717) is 17.3 Å². The number of hydrogen-bond donors (Lipinski definition) is 1. The minimum atomic E-state index is -0.223. The van der Waals surface area contributed by atoms with Crippen LogP contribution in [0.1, 0.15) is 55.1 Å². The van der Waals surface area contributed by atoms with Crippen molar-refractivity contribution >= 4 is 23.2 Å². The van der Waals surface area contributed by atoms with Crippen LogP contribution in [0.3, 0.4) is 0 Å². The number of rotatable bonds is 6. The van der Waals surface area contributed by atoms with E-state index in [2.05, 4.69) is 5.32 Å². The van der Waals surface area contributed by atoms with Crippen LogP contribution >= 0.6 is 11.3 Å². The van der Waals surface area contributed by atoms with Crippen LogP contribution in [0.2, 0.25) is 0 Å². The molecule has 1 fully saturated rings. The van der Waals surface area contributed by atoms with Gasteiger partial charge in [-0.2, -0.15) is 0 Å².